The summed E-state index contributed by atoms with van der Waals surface area (Å²) in [5.74, 6) is 0.471. The third kappa shape index (κ3) is 7.39. The van der Waals surface area contributed by atoms with Crippen LogP contribution in [0.5, 0.6) is 11.5 Å². The van der Waals surface area contributed by atoms with Gasteiger partial charge in [0.2, 0.25) is 0 Å². The number of oxime groups is 2. The number of hydrogen-bond donors (Lipinski definition) is 6. The maximum Gasteiger partial charge on any atom is 0.170 e. The van der Waals surface area contributed by atoms with Gasteiger partial charge in [-0.3, -0.25) is 0 Å². The topological polar surface area (TPSA) is 176 Å². The second kappa shape index (κ2) is 15.0. The van der Waals surface area contributed by atoms with E-state index in [2.05, 4.69) is 50.8 Å². The standard InChI is InChI=1S/C18H20N2O2.C17H15BrN4O2/c1-3-5-12-10-16(13-6-8-14(21)9-7-13)15(4-2)17(11-12)18(19)20-22;1-22-9-20-8-15(22)16-13(10-2-4-12(23)5-3-10)6-11(18)7-14(16)17(19)21-24/h4,6-11,21-22H,2-3,5H2,1H3,(H2,19,20);2-9,23-24H,1H3,(H2,19,21). The van der Waals surface area contributed by atoms with Crippen LogP contribution in [0.15, 0.2) is 107 Å². The van der Waals surface area contributed by atoms with Crippen LogP contribution in [0.3, 0.4) is 0 Å². The molecule has 10 nitrogen and oxygen atoms in total. The number of aryl methyl sites for hydroxylation is 2. The van der Waals surface area contributed by atoms with Crippen molar-refractivity contribution < 1.29 is 20.6 Å². The molecule has 0 aliphatic rings. The van der Waals surface area contributed by atoms with Gasteiger partial charge in [0.05, 0.1) is 18.2 Å². The fourth-order valence-electron chi connectivity index (χ4n) is 5.12. The molecule has 0 aliphatic heterocycles. The molecular weight excluding hydrogens is 648 g/mol. The first-order valence-electron chi connectivity index (χ1n) is 14.3. The maximum atomic E-state index is 9.54. The minimum atomic E-state index is 0.00697. The Kier molecular flexibility index (Phi) is 10.8. The highest BCUT2D eigenvalue weighted by molar-refractivity contribution is 9.10. The summed E-state index contributed by atoms with van der Waals surface area (Å²) in [6.45, 7) is 5.95. The van der Waals surface area contributed by atoms with Crippen LogP contribution in [-0.2, 0) is 13.5 Å². The average Bonchev–Trinajstić information content (AvgIpc) is 3.49. The third-order valence-corrected chi connectivity index (χ3v) is 7.74. The van der Waals surface area contributed by atoms with E-state index in [0.29, 0.717) is 11.1 Å². The molecule has 5 aromatic rings. The number of phenolic OH excluding ortho intramolecular Hbond substituents is 2. The lowest BCUT2D eigenvalue weighted by atomic mass is 9.91. The summed E-state index contributed by atoms with van der Waals surface area (Å²) in [4.78, 5) is 4.16. The number of amidine groups is 2. The van der Waals surface area contributed by atoms with Crippen LogP contribution < -0.4 is 11.5 Å². The van der Waals surface area contributed by atoms with Gasteiger partial charge < -0.3 is 36.7 Å². The highest BCUT2D eigenvalue weighted by Crippen LogP contribution is 2.38. The van der Waals surface area contributed by atoms with Crippen molar-refractivity contribution in [1.29, 1.82) is 0 Å². The van der Waals surface area contributed by atoms with E-state index in [-0.39, 0.29) is 23.2 Å². The SMILES string of the molecule is C=Cc1c(C(N)=NO)cc(CCC)cc1-c1ccc(O)cc1.Cn1cncc1-c1c(C(N)=NO)cc(Br)cc1-c1ccc(O)cc1. The summed E-state index contributed by atoms with van der Waals surface area (Å²) in [5, 5.41) is 43.5. The summed E-state index contributed by atoms with van der Waals surface area (Å²) >= 11 is 3.47. The van der Waals surface area contributed by atoms with E-state index in [1.54, 1.807) is 48.9 Å². The van der Waals surface area contributed by atoms with Crippen LogP contribution in [0.1, 0.15) is 35.6 Å². The maximum absolute atomic E-state index is 9.54. The van der Waals surface area contributed by atoms with Gasteiger partial charge in [0.15, 0.2) is 11.7 Å². The highest BCUT2D eigenvalue weighted by atomic mass is 79.9. The Hall–Kier alpha value is -5.55. The quantitative estimate of drug-likeness (QED) is 0.0439. The van der Waals surface area contributed by atoms with Crippen molar-refractivity contribution in [3.63, 3.8) is 0 Å². The molecule has 236 valence electrons. The zero-order valence-corrected chi connectivity index (χ0v) is 27.0. The molecule has 0 saturated heterocycles. The molecule has 0 bridgehead atoms. The minimum Gasteiger partial charge on any atom is -0.508 e. The summed E-state index contributed by atoms with van der Waals surface area (Å²) in [7, 11) is 1.88. The number of benzene rings is 4. The Morgan fingerprint density at radius 2 is 1.43 bits per heavy atom. The first kappa shape index (κ1) is 33.3. The van der Waals surface area contributed by atoms with Crippen molar-refractivity contribution in [2.75, 3.05) is 0 Å². The molecule has 0 radical (unpaired) electrons. The van der Waals surface area contributed by atoms with Crippen LogP contribution in [0.4, 0.5) is 0 Å². The molecule has 0 fully saturated rings. The Bertz CT molecular complexity index is 1900. The van der Waals surface area contributed by atoms with E-state index in [1.165, 1.54) is 0 Å². The zero-order valence-electron chi connectivity index (χ0n) is 25.4. The van der Waals surface area contributed by atoms with E-state index in [9.17, 15) is 10.2 Å². The van der Waals surface area contributed by atoms with Crippen molar-refractivity contribution in [2.24, 2.45) is 28.8 Å². The molecule has 0 spiro atoms. The zero-order chi connectivity index (χ0) is 33.4. The Balaban J connectivity index is 0.000000210. The molecule has 0 unspecified atom stereocenters. The number of nitrogens with two attached hydrogens (primary N) is 2. The smallest absolute Gasteiger partial charge is 0.170 e. The number of aromatic hydroxyl groups is 2. The molecule has 0 aliphatic carbocycles. The predicted octanol–water partition coefficient (Wildman–Crippen LogP) is 7.07. The van der Waals surface area contributed by atoms with Crippen LogP contribution in [0, 0.1) is 0 Å². The molecular formula is C35H35BrN6O4. The van der Waals surface area contributed by atoms with E-state index < -0.39 is 0 Å². The second-order valence-corrected chi connectivity index (χ2v) is 11.3. The normalized spacial score (nSPS) is 11.5. The first-order chi connectivity index (χ1) is 22.1. The number of imidazole rings is 1. The van der Waals surface area contributed by atoms with E-state index in [0.717, 1.165) is 62.0 Å². The van der Waals surface area contributed by atoms with E-state index in [4.69, 9.17) is 21.9 Å². The lowest BCUT2D eigenvalue weighted by Gasteiger charge is -2.16. The van der Waals surface area contributed by atoms with E-state index in [1.807, 2.05) is 48.0 Å². The fraction of sp³-hybridized carbons (Fsp3) is 0.114. The van der Waals surface area contributed by atoms with Gasteiger partial charge in [0.1, 0.15) is 11.5 Å². The molecule has 46 heavy (non-hydrogen) atoms. The number of phenols is 2. The molecule has 1 heterocycles. The molecule has 5 rings (SSSR count). The van der Waals surface area contributed by atoms with Gasteiger partial charge in [-0.2, -0.15) is 0 Å². The Labute approximate surface area is 275 Å². The fourth-order valence-corrected chi connectivity index (χ4v) is 5.57. The summed E-state index contributed by atoms with van der Waals surface area (Å²) in [5.41, 5.74) is 20.1. The number of nitrogens with zero attached hydrogens (tertiary/aromatic N) is 4. The number of hydrogen-bond acceptors (Lipinski definition) is 7. The van der Waals surface area contributed by atoms with Crippen molar-refractivity contribution >= 4 is 33.7 Å². The molecule has 0 atom stereocenters. The summed E-state index contributed by atoms with van der Waals surface area (Å²) in [6, 6.07) is 21.6. The Morgan fingerprint density at radius 1 is 0.870 bits per heavy atom. The molecule has 0 amide bonds. The van der Waals surface area contributed by atoms with Crippen LogP contribution in [-0.4, -0.2) is 41.8 Å². The van der Waals surface area contributed by atoms with Gasteiger partial charge in [-0.1, -0.05) is 82.6 Å². The van der Waals surface area contributed by atoms with Gasteiger partial charge in [-0.25, -0.2) is 4.98 Å². The van der Waals surface area contributed by atoms with Crippen LogP contribution in [0.2, 0.25) is 0 Å². The molecule has 1 aromatic heterocycles. The molecule has 0 saturated carbocycles. The largest absolute Gasteiger partial charge is 0.508 e. The summed E-state index contributed by atoms with van der Waals surface area (Å²) in [6.07, 6.45) is 7.01. The lowest BCUT2D eigenvalue weighted by Crippen LogP contribution is -2.15. The van der Waals surface area contributed by atoms with Crippen LogP contribution >= 0.6 is 15.9 Å². The van der Waals surface area contributed by atoms with Crippen molar-refractivity contribution in [1.82, 2.24) is 9.55 Å². The lowest BCUT2D eigenvalue weighted by molar-refractivity contribution is 0.318. The van der Waals surface area contributed by atoms with Crippen molar-refractivity contribution in [3.8, 4) is 45.0 Å². The van der Waals surface area contributed by atoms with Gasteiger partial charge in [0, 0.05) is 28.2 Å². The number of aromatic nitrogens is 2. The third-order valence-electron chi connectivity index (χ3n) is 7.28. The number of rotatable bonds is 8. The van der Waals surface area contributed by atoms with Crippen LogP contribution in [0.25, 0.3) is 39.6 Å². The van der Waals surface area contributed by atoms with Gasteiger partial charge in [-0.15, -0.1) is 0 Å². The molecule has 4 aromatic carbocycles. The first-order valence-corrected chi connectivity index (χ1v) is 15.0. The monoisotopic (exact) mass is 682 g/mol. The highest BCUT2D eigenvalue weighted by Gasteiger charge is 2.19. The predicted molar refractivity (Wildman–Crippen MR) is 186 cm³/mol. The van der Waals surface area contributed by atoms with Gasteiger partial charge in [0.25, 0.3) is 0 Å². The number of halogens is 1. The Morgan fingerprint density at radius 3 is 1.93 bits per heavy atom. The molecule has 8 N–H and O–H groups in total. The van der Waals surface area contributed by atoms with Gasteiger partial charge in [-0.05, 0) is 82.3 Å². The second-order valence-electron chi connectivity index (χ2n) is 10.4. The van der Waals surface area contributed by atoms with E-state index >= 15 is 0 Å². The average molecular weight is 684 g/mol. The van der Waals surface area contributed by atoms with Crippen molar-refractivity contribution in [3.05, 3.63) is 119 Å². The van der Waals surface area contributed by atoms with Gasteiger partial charge >= 0.3 is 0 Å². The molecule has 11 heteroatoms. The summed E-state index contributed by atoms with van der Waals surface area (Å²) < 4.78 is 2.65. The van der Waals surface area contributed by atoms with Crippen molar-refractivity contribution in [2.45, 2.75) is 19.8 Å². The minimum absolute atomic E-state index is 0.00697.